The highest BCUT2D eigenvalue weighted by atomic mass is 32.2. The first kappa shape index (κ1) is 17.1. The lowest BCUT2D eigenvalue weighted by atomic mass is 10.1. The molecule has 8 heteroatoms. The molecular formula is C17H12F2N2O3S. The molecule has 3 aromatic rings. The Labute approximate surface area is 145 Å². The van der Waals surface area contributed by atoms with E-state index in [9.17, 15) is 18.4 Å². The third-order valence-electron chi connectivity index (χ3n) is 3.44. The van der Waals surface area contributed by atoms with E-state index in [1.54, 1.807) is 0 Å². The second kappa shape index (κ2) is 7.02. The molecule has 0 atom stereocenters. The maximum atomic E-state index is 13.2. The molecule has 0 unspecified atom stereocenters. The number of ether oxygens (including phenoxy) is 1. The van der Waals surface area contributed by atoms with Gasteiger partial charge in [0.05, 0.1) is 29.3 Å². The Morgan fingerprint density at radius 3 is 2.72 bits per heavy atom. The van der Waals surface area contributed by atoms with Gasteiger partial charge in [0.25, 0.3) is 5.56 Å². The number of thioether (sulfide) groups is 1. The number of nitrogens with zero attached hydrogens (tertiary/aromatic N) is 1. The van der Waals surface area contributed by atoms with Crippen molar-refractivity contribution >= 4 is 28.6 Å². The van der Waals surface area contributed by atoms with E-state index in [0.29, 0.717) is 21.6 Å². The molecule has 0 bridgehead atoms. The van der Waals surface area contributed by atoms with E-state index in [-0.39, 0.29) is 16.9 Å². The lowest BCUT2D eigenvalue weighted by molar-refractivity contribution is 0.0601. The predicted octanol–water partition coefficient (Wildman–Crippen LogP) is 3.28. The fourth-order valence-corrected chi connectivity index (χ4v) is 3.01. The number of rotatable bonds is 4. The quantitative estimate of drug-likeness (QED) is 0.570. The van der Waals surface area contributed by atoms with Crippen LogP contribution in [-0.4, -0.2) is 23.0 Å². The molecule has 25 heavy (non-hydrogen) atoms. The SMILES string of the molecule is COC(=O)c1ccc2c(=O)[nH]c(CSc3ccc(F)c(F)c3)nc2c1. The van der Waals surface area contributed by atoms with E-state index in [2.05, 4.69) is 14.7 Å². The van der Waals surface area contributed by atoms with Crippen LogP contribution >= 0.6 is 11.8 Å². The first-order chi connectivity index (χ1) is 12.0. The molecule has 0 fully saturated rings. The Bertz CT molecular complexity index is 1020. The lowest BCUT2D eigenvalue weighted by Crippen LogP contribution is -2.12. The summed E-state index contributed by atoms with van der Waals surface area (Å²) < 4.78 is 30.8. The van der Waals surface area contributed by atoms with Crippen molar-refractivity contribution in [3.63, 3.8) is 0 Å². The van der Waals surface area contributed by atoms with E-state index in [4.69, 9.17) is 0 Å². The molecular weight excluding hydrogens is 350 g/mol. The van der Waals surface area contributed by atoms with Gasteiger partial charge in [-0.2, -0.15) is 0 Å². The average Bonchev–Trinajstić information content (AvgIpc) is 2.61. The van der Waals surface area contributed by atoms with Crippen molar-refractivity contribution in [3.05, 3.63) is 69.8 Å². The molecule has 0 radical (unpaired) electrons. The van der Waals surface area contributed by atoms with Crippen molar-refractivity contribution in [2.45, 2.75) is 10.6 Å². The molecule has 128 valence electrons. The van der Waals surface area contributed by atoms with Crippen LogP contribution in [0, 0.1) is 11.6 Å². The number of hydrogen-bond donors (Lipinski definition) is 1. The number of methoxy groups -OCH3 is 1. The highest BCUT2D eigenvalue weighted by molar-refractivity contribution is 7.98. The van der Waals surface area contributed by atoms with E-state index < -0.39 is 17.6 Å². The minimum Gasteiger partial charge on any atom is -0.465 e. The second-order valence-electron chi connectivity index (χ2n) is 5.10. The van der Waals surface area contributed by atoms with Crippen LogP contribution in [0.2, 0.25) is 0 Å². The zero-order chi connectivity index (χ0) is 18.0. The van der Waals surface area contributed by atoms with Crippen LogP contribution in [0.25, 0.3) is 10.9 Å². The van der Waals surface area contributed by atoms with Crippen LogP contribution < -0.4 is 5.56 Å². The Hall–Kier alpha value is -2.74. The summed E-state index contributed by atoms with van der Waals surface area (Å²) in [6.45, 7) is 0. The van der Waals surface area contributed by atoms with E-state index >= 15 is 0 Å². The van der Waals surface area contributed by atoms with Crippen LogP contribution in [0.15, 0.2) is 46.1 Å². The highest BCUT2D eigenvalue weighted by Gasteiger charge is 2.10. The van der Waals surface area contributed by atoms with Crippen LogP contribution in [0.5, 0.6) is 0 Å². The van der Waals surface area contributed by atoms with Gasteiger partial charge in [0.15, 0.2) is 11.6 Å². The number of H-pyrrole nitrogens is 1. The molecule has 0 saturated carbocycles. The Morgan fingerprint density at radius 1 is 1.20 bits per heavy atom. The maximum Gasteiger partial charge on any atom is 0.337 e. The van der Waals surface area contributed by atoms with Gasteiger partial charge in [-0.25, -0.2) is 18.6 Å². The number of aromatic nitrogens is 2. The van der Waals surface area contributed by atoms with Crippen LogP contribution in [0.3, 0.4) is 0 Å². The summed E-state index contributed by atoms with van der Waals surface area (Å²) in [5.41, 5.74) is 0.294. The number of aromatic amines is 1. The van der Waals surface area contributed by atoms with Crippen molar-refractivity contribution < 1.29 is 18.3 Å². The van der Waals surface area contributed by atoms with Gasteiger partial charge in [-0.15, -0.1) is 11.8 Å². The van der Waals surface area contributed by atoms with Crippen molar-refractivity contribution in [1.29, 1.82) is 0 Å². The second-order valence-corrected chi connectivity index (χ2v) is 6.15. The number of benzene rings is 2. The van der Waals surface area contributed by atoms with Crippen molar-refractivity contribution in [2.24, 2.45) is 0 Å². The maximum absolute atomic E-state index is 13.2. The van der Waals surface area contributed by atoms with Gasteiger partial charge >= 0.3 is 5.97 Å². The Balaban J connectivity index is 1.89. The third-order valence-corrected chi connectivity index (χ3v) is 4.45. The summed E-state index contributed by atoms with van der Waals surface area (Å²) in [6.07, 6.45) is 0. The van der Waals surface area contributed by atoms with Gasteiger partial charge in [0, 0.05) is 4.90 Å². The summed E-state index contributed by atoms with van der Waals surface area (Å²) in [6, 6.07) is 8.02. The molecule has 0 aliphatic carbocycles. The Kier molecular flexibility index (Phi) is 4.80. The lowest BCUT2D eigenvalue weighted by Gasteiger charge is -2.05. The van der Waals surface area contributed by atoms with Crippen molar-refractivity contribution in [1.82, 2.24) is 9.97 Å². The molecule has 5 nitrogen and oxygen atoms in total. The van der Waals surface area contributed by atoms with Crippen molar-refractivity contribution in [3.8, 4) is 0 Å². The predicted molar refractivity (Wildman–Crippen MR) is 89.6 cm³/mol. The summed E-state index contributed by atoms with van der Waals surface area (Å²) in [7, 11) is 1.27. The van der Waals surface area contributed by atoms with Gasteiger partial charge < -0.3 is 9.72 Å². The minimum absolute atomic E-state index is 0.249. The van der Waals surface area contributed by atoms with Gasteiger partial charge in [-0.05, 0) is 36.4 Å². The number of halogens is 2. The van der Waals surface area contributed by atoms with Crippen LogP contribution in [-0.2, 0) is 10.5 Å². The van der Waals surface area contributed by atoms with Gasteiger partial charge in [0.2, 0.25) is 0 Å². The van der Waals surface area contributed by atoms with Gasteiger partial charge in [-0.1, -0.05) is 0 Å². The summed E-state index contributed by atoms with van der Waals surface area (Å²) in [4.78, 5) is 31.2. The monoisotopic (exact) mass is 362 g/mol. The molecule has 0 saturated heterocycles. The minimum atomic E-state index is -0.937. The molecule has 0 aliphatic rings. The zero-order valence-corrected chi connectivity index (χ0v) is 13.8. The van der Waals surface area contributed by atoms with Crippen molar-refractivity contribution in [2.75, 3.05) is 7.11 Å². The number of fused-ring (bicyclic) bond motifs is 1. The normalized spacial score (nSPS) is 10.8. The topological polar surface area (TPSA) is 72.1 Å². The van der Waals surface area contributed by atoms with Crippen LogP contribution in [0.4, 0.5) is 8.78 Å². The van der Waals surface area contributed by atoms with Gasteiger partial charge in [0.1, 0.15) is 5.82 Å². The van der Waals surface area contributed by atoms with Crippen LogP contribution in [0.1, 0.15) is 16.2 Å². The smallest absolute Gasteiger partial charge is 0.337 e. The number of carbonyl (C=O) groups is 1. The molecule has 3 rings (SSSR count). The highest BCUT2D eigenvalue weighted by Crippen LogP contribution is 2.23. The summed E-state index contributed by atoms with van der Waals surface area (Å²) in [5, 5.41) is 0.342. The third kappa shape index (κ3) is 3.69. The average molecular weight is 362 g/mol. The molecule has 1 N–H and O–H groups in total. The molecule has 1 aromatic heterocycles. The van der Waals surface area contributed by atoms with E-state index in [0.717, 1.165) is 12.1 Å². The molecule has 0 spiro atoms. The largest absolute Gasteiger partial charge is 0.465 e. The number of nitrogens with one attached hydrogen (secondary N) is 1. The van der Waals surface area contributed by atoms with Gasteiger partial charge in [-0.3, -0.25) is 4.79 Å². The number of hydrogen-bond acceptors (Lipinski definition) is 5. The molecule has 2 aromatic carbocycles. The standard InChI is InChI=1S/C17H12F2N2O3S/c1-24-17(23)9-2-4-11-14(6-9)20-15(21-16(11)22)8-25-10-3-5-12(18)13(19)7-10/h2-7H,8H2,1H3,(H,20,21,22). The molecule has 0 aliphatic heterocycles. The fourth-order valence-electron chi connectivity index (χ4n) is 2.22. The zero-order valence-electron chi connectivity index (χ0n) is 13.0. The summed E-state index contributed by atoms with van der Waals surface area (Å²) >= 11 is 1.20. The molecule has 1 heterocycles. The first-order valence-corrected chi connectivity index (χ1v) is 8.15. The summed E-state index contributed by atoms with van der Waals surface area (Å²) in [5.74, 6) is -1.78. The number of esters is 1. The van der Waals surface area contributed by atoms with E-state index in [1.165, 1.54) is 43.1 Å². The first-order valence-electron chi connectivity index (χ1n) is 7.17. The van der Waals surface area contributed by atoms with E-state index in [1.807, 2.05) is 0 Å². The number of carbonyl (C=O) groups excluding carboxylic acids is 1. The Morgan fingerprint density at radius 2 is 2.00 bits per heavy atom. The fraction of sp³-hybridized carbons (Fsp3) is 0.118. The molecule has 0 amide bonds.